The monoisotopic (exact) mass is 356 g/mol. The van der Waals surface area contributed by atoms with E-state index in [1.807, 2.05) is 18.0 Å². The van der Waals surface area contributed by atoms with Crippen molar-refractivity contribution in [3.05, 3.63) is 34.4 Å². The van der Waals surface area contributed by atoms with E-state index in [2.05, 4.69) is 6.92 Å². The number of thioether (sulfide) groups is 2. The molecule has 0 heterocycles. The summed E-state index contributed by atoms with van der Waals surface area (Å²) < 4.78 is 0. The van der Waals surface area contributed by atoms with Crippen LogP contribution in [0.3, 0.4) is 0 Å². The minimum Gasteiger partial charge on any atom is -0.478 e. The predicted octanol–water partition coefficient (Wildman–Crippen LogP) is 4.06. The van der Waals surface area contributed by atoms with Crippen molar-refractivity contribution in [1.82, 2.24) is 0 Å². The van der Waals surface area contributed by atoms with Gasteiger partial charge in [-0.25, -0.2) is 9.59 Å². The highest BCUT2D eigenvalue weighted by Gasteiger charge is 2.22. The Hall–Kier alpha value is -1.14. The molecular weight excluding hydrogens is 332 g/mol. The van der Waals surface area contributed by atoms with Gasteiger partial charge in [0.1, 0.15) is 0 Å². The number of hydrogen-bond acceptors (Lipinski definition) is 4. The van der Waals surface area contributed by atoms with Crippen molar-refractivity contribution in [2.75, 3.05) is 23.5 Å². The highest BCUT2D eigenvalue weighted by Crippen LogP contribution is 2.24. The molecule has 0 aliphatic rings. The van der Waals surface area contributed by atoms with E-state index in [-0.39, 0.29) is 11.1 Å². The molecule has 0 spiro atoms. The molecule has 0 amide bonds. The Labute approximate surface area is 146 Å². The van der Waals surface area contributed by atoms with Crippen LogP contribution < -0.4 is 0 Å². The molecular formula is C17H24O4S2. The van der Waals surface area contributed by atoms with Gasteiger partial charge in [0.05, 0.1) is 11.1 Å². The van der Waals surface area contributed by atoms with Crippen molar-refractivity contribution in [3.63, 3.8) is 0 Å². The number of hydrogen-bond donors (Lipinski definition) is 2. The second-order valence-electron chi connectivity index (χ2n) is 5.13. The molecule has 0 fully saturated rings. The highest BCUT2D eigenvalue weighted by atomic mass is 32.2. The van der Waals surface area contributed by atoms with E-state index in [4.69, 9.17) is 0 Å². The largest absolute Gasteiger partial charge is 0.478 e. The van der Waals surface area contributed by atoms with E-state index < -0.39 is 11.9 Å². The molecule has 0 aliphatic heterocycles. The smallest absolute Gasteiger partial charge is 0.336 e. The van der Waals surface area contributed by atoms with Crippen LogP contribution in [0.2, 0.25) is 0 Å². The lowest BCUT2D eigenvalue weighted by atomic mass is 9.91. The molecule has 0 saturated heterocycles. The maximum Gasteiger partial charge on any atom is 0.336 e. The van der Waals surface area contributed by atoms with E-state index in [0.29, 0.717) is 12.0 Å². The molecule has 128 valence electrons. The number of aryl methyl sites for hydroxylation is 1. The second-order valence-corrected chi connectivity index (χ2v) is 7.51. The molecule has 1 rings (SSSR count). The topological polar surface area (TPSA) is 74.6 Å². The van der Waals surface area contributed by atoms with Crippen molar-refractivity contribution in [2.45, 2.75) is 32.6 Å². The molecule has 0 bridgehead atoms. The van der Waals surface area contributed by atoms with Crippen LogP contribution >= 0.6 is 23.5 Å². The first-order chi connectivity index (χ1) is 11.0. The summed E-state index contributed by atoms with van der Waals surface area (Å²) in [7, 11) is 0. The lowest BCUT2D eigenvalue weighted by molar-refractivity contribution is 0.0650. The molecule has 0 aliphatic carbocycles. The van der Waals surface area contributed by atoms with Crippen LogP contribution in [-0.4, -0.2) is 45.7 Å². The fourth-order valence-corrected chi connectivity index (χ4v) is 3.61. The molecule has 4 nitrogen and oxygen atoms in total. The van der Waals surface area contributed by atoms with Gasteiger partial charge in [-0.05, 0) is 66.4 Å². The number of carboxylic acids is 2. The summed E-state index contributed by atoms with van der Waals surface area (Å²) in [6.45, 7) is 2.09. The van der Waals surface area contributed by atoms with Crippen LogP contribution in [0.15, 0.2) is 12.1 Å². The Morgan fingerprint density at radius 2 is 1.74 bits per heavy atom. The molecule has 0 saturated carbocycles. The third kappa shape index (κ3) is 6.11. The summed E-state index contributed by atoms with van der Waals surface area (Å²) in [6, 6.07) is 3.23. The molecule has 0 atom stereocenters. The van der Waals surface area contributed by atoms with Gasteiger partial charge in [0.25, 0.3) is 0 Å². The average Bonchev–Trinajstić information content (AvgIpc) is 2.51. The SMILES string of the molecule is CCSCCCc1c(CCCSC)ccc(C(=O)O)c1C(=O)O. The molecule has 0 unspecified atom stereocenters. The lowest BCUT2D eigenvalue weighted by Crippen LogP contribution is -2.14. The fraction of sp³-hybridized carbons (Fsp3) is 0.529. The fourth-order valence-electron chi connectivity index (χ4n) is 2.54. The van der Waals surface area contributed by atoms with Crippen LogP contribution in [0.5, 0.6) is 0 Å². The molecule has 6 heteroatoms. The molecule has 0 aromatic heterocycles. The standard InChI is InChI=1S/C17H24O4S2/c1-3-23-11-5-7-13-12(6-4-10-22-2)8-9-14(16(18)19)15(13)17(20)21/h8-9H,3-7,10-11H2,1-2H3,(H,18,19)(H,20,21). The van der Waals surface area contributed by atoms with Gasteiger partial charge < -0.3 is 10.2 Å². The van der Waals surface area contributed by atoms with Crippen molar-refractivity contribution in [1.29, 1.82) is 0 Å². The summed E-state index contributed by atoms with van der Waals surface area (Å²) in [5.74, 6) is 0.668. The summed E-state index contributed by atoms with van der Waals surface area (Å²) >= 11 is 3.57. The highest BCUT2D eigenvalue weighted by molar-refractivity contribution is 7.99. The van der Waals surface area contributed by atoms with Gasteiger partial charge in [-0.15, -0.1) is 0 Å². The minimum atomic E-state index is -1.18. The Morgan fingerprint density at radius 3 is 2.30 bits per heavy atom. The maximum absolute atomic E-state index is 11.6. The van der Waals surface area contributed by atoms with E-state index in [1.54, 1.807) is 17.8 Å². The zero-order chi connectivity index (χ0) is 17.2. The second kappa shape index (κ2) is 10.6. The number of aromatic carboxylic acids is 2. The molecule has 1 aromatic carbocycles. The summed E-state index contributed by atoms with van der Waals surface area (Å²) in [5.41, 5.74) is 1.54. The zero-order valence-electron chi connectivity index (χ0n) is 13.6. The van der Waals surface area contributed by atoms with Crippen molar-refractivity contribution < 1.29 is 19.8 Å². The first-order valence-corrected chi connectivity index (χ1v) is 10.3. The first-order valence-electron chi connectivity index (χ1n) is 7.70. The van der Waals surface area contributed by atoms with Crippen LogP contribution in [-0.2, 0) is 12.8 Å². The van der Waals surface area contributed by atoms with Crippen LogP contribution in [0, 0.1) is 0 Å². The molecule has 1 aromatic rings. The van der Waals surface area contributed by atoms with Gasteiger partial charge >= 0.3 is 11.9 Å². The van der Waals surface area contributed by atoms with Crippen LogP contribution in [0.4, 0.5) is 0 Å². The van der Waals surface area contributed by atoms with Gasteiger partial charge in [0.15, 0.2) is 0 Å². The van der Waals surface area contributed by atoms with Gasteiger partial charge in [0, 0.05) is 0 Å². The maximum atomic E-state index is 11.6. The Balaban J connectivity index is 3.14. The minimum absolute atomic E-state index is 0.0272. The summed E-state index contributed by atoms with van der Waals surface area (Å²) in [6.07, 6.45) is 5.27. The normalized spacial score (nSPS) is 10.7. The van der Waals surface area contributed by atoms with Gasteiger partial charge in [-0.2, -0.15) is 23.5 Å². The zero-order valence-corrected chi connectivity index (χ0v) is 15.3. The third-order valence-electron chi connectivity index (χ3n) is 3.57. The van der Waals surface area contributed by atoms with Gasteiger partial charge in [0.2, 0.25) is 0 Å². The quantitative estimate of drug-likeness (QED) is 0.582. The predicted molar refractivity (Wildman–Crippen MR) is 98.4 cm³/mol. The van der Waals surface area contributed by atoms with E-state index in [9.17, 15) is 19.8 Å². The van der Waals surface area contributed by atoms with Crippen LogP contribution in [0.1, 0.15) is 51.6 Å². The Bertz CT molecular complexity index is 544. The molecule has 23 heavy (non-hydrogen) atoms. The number of benzene rings is 1. The van der Waals surface area contributed by atoms with Gasteiger partial charge in [-0.1, -0.05) is 13.0 Å². The van der Waals surface area contributed by atoms with E-state index >= 15 is 0 Å². The van der Waals surface area contributed by atoms with Crippen LogP contribution in [0.25, 0.3) is 0 Å². The molecule has 2 N–H and O–H groups in total. The van der Waals surface area contributed by atoms with Crippen molar-refractivity contribution >= 4 is 35.5 Å². The Morgan fingerprint density at radius 1 is 1.04 bits per heavy atom. The van der Waals surface area contributed by atoms with Crippen molar-refractivity contribution in [2.24, 2.45) is 0 Å². The van der Waals surface area contributed by atoms with Crippen molar-refractivity contribution in [3.8, 4) is 0 Å². The molecule has 0 radical (unpaired) electrons. The van der Waals surface area contributed by atoms with Gasteiger partial charge in [-0.3, -0.25) is 0 Å². The third-order valence-corrected chi connectivity index (χ3v) is 5.25. The average molecular weight is 357 g/mol. The number of carbonyl (C=O) groups is 2. The van der Waals surface area contributed by atoms with E-state index in [1.165, 1.54) is 6.07 Å². The number of rotatable bonds is 11. The Kier molecular flexibility index (Phi) is 9.17. The lowest BCUT2D eigenvalue weighted by Gasteiger charge is -2.15. The van der Waals surface area contributed by atoms with E-state index in [0.717, 1.165) is 42.1 Å². The summed E-state index contributed by atoms with van der Waals surface area (Å²) in [5, 5.41) is 18.8. The first kappa shape index (κ1) is 19.9. The number of carboxylic acid groups (broad SMARTS) is 2. The summed E-state index contributed by atoms with van der Waals surface area (Å²) in [4.78, 5) is 23.0.